The molecule has 1 aliphatic rings. The lowest BCUT2D eigenvalue weighted by atomic mass is 10.0. The van der Waals surface area contributed by atoms with Gasteiger partial charge in [-0.05, 0) is 29.7 Å². The number of carbonyl (C=O) groups excluding carboxylic acids is 2. The van der Waals surface area contributed by atoms with Gasteiger partial charge in [0, 0.05) is 24.4 Å². The summed E-state index contributed by atoms with van der Waals surface area (Å²) in [6, 6.07) is 15.2. The van der Waals surface area contributed by atoms with Crippen molar-refractivity contribution in [3.05, 3.63) is 59.1 Å². The average Bonchev–Trinajstić information content (AvgIpc) is 2.70. The van der Waals surface area contributed by atoms with Crippen molar-refractivity contribution >= 4 is 29.1 Å². The monoisotopic (exact) mass is 386 g/mol. The molecule has 0 saturated carbocycles. The first-order valence-corrected chi connectivity index (χ1v) is 9.47. The van der Waals surface area contributed by atoms with Crippen LogP contribution in [0, 0.1) is 0 Å². The van der Waals surface area contributed by atoms with Crippen molar-refractivity contribution in [1.82, 2.24) is 5.32 Å². The van der Waals surface area contributed by atoms with E-state index in [0.29, 0.717) is 36.2 Å². The maximum Gasteiger partial charge on any atom is 0.227 e. The number of rotatable bonds is 6. The van der Waals surface area contributed by atoms with Gasteiger partial charge in [0.15, 0.2) is 0 Å². The van der Waals surface area contributed by atoms with E-state index < -0.39 is 0 Å². The molecule has 2 aromatic rings. The van der Waals surface area contributed by atoms with Gasteiger partial charge in [0.25, 0.3) is 0 Å². The number of hydrogen-bond donors (Lipinski definition) is 1. The Hall–Kier alpha value is -2.53. The van der Waals surface area contributed by atoms with Crippen molar-refractivity contribution in [1.29, 1.82) is 0 Å². The van der Waals surface area contributed by atoms with Crippen LogP contribution in [-0.2, 0) is 9.59 Å². The van der Waals surface area contributed by atoms with Gasteiger partial charge < -0.3 is 15.0 Å². The second kappa shape index (κ2) is 8.91. The van der Waals surface area contributed by atoms with Crippen LogP contribution in [0.2, 0.25) is 5.02 Å². The molecule has 5 nitrogen and oxygen atoms in total. The van der Waals surface area contributed by atoms with Crippen molar-refractivity contribution < 1.29 is 14.3 Å². The molecule has 0 fully saturated rings. The number of nitrogens with zero attached hydrogens (tertiary/aromatic N) is 1. The third-order valence-corrected chi connectivity index (χ3v) is 4.86. The Morgan fingerprint density at radius 3 is 2.74 bits per heavy atom. The predicted molar refractivity (Wildman–Crippen MR) is 106 cm³/mol. The molecule has 2 amide bonds. The van der Waals surface area contributed by atoms with Crippen LogP contribution in [0.3, 0.4) is 0 Å². The van der Waals surface area contributed by atoms with E-state index in [1.165, 1.54) is 5.56 Å². The maximum absolute atomic E-state index is 12.6. The van der Waals surface area contributed by atoms with Gasteiger partial charge in [-0.1, -0.05) is 48.9 Å². The highest BCUT2D eigenvalue weighted by Gasteiger charge is 2.24. The van der Waals surface area contributed by atoms with Gasteiger partial charge in [-0.2, -0.15) is 0 Å². The zero-order valence-electron chi connectivity index (χ0n) is 15.3. The summed E-state index contributed by atoms with van der Waals surface area (Å²) in [6.07, 6.45) is 0.311. The third kappa shape index (κ3) is 5.01. The fourth-order valence-electron chi connectivity index (χ4n) is 3.06. The molecule has 2 aromatic carbocycles. The molecule has 0 radical (unpaired) electrons. The van der Waals surface area contributed by atoms with Gasteiger partial charge in [0.2, 0.25) is 11.8 Å². The number of anilines is 1. The standard InChI is InChI=1S/C21H23ClN2O3/c1-15(16-5-3-2-4-6-16)14-23-20(25)9-10-21(26)24-11-12-27-19-8-7-17(22)13-18(19)24/h2-8,13,15H,9-12,14H2,1H3,(H,23,25)/t15-/m1/s1. The molecule has 0 spiro atoms. The number of amides is 2. The minimum absolute atomic E-state index is 0.104. The Morgan fingerprint density at radius 2 is 1.96 bits per heavy atom. The third-order valence-electron chi connectivity index (χ3n) is 4.63. The molecule has 0 aliphatic carbocycles. The van der Waals surface area contributed by atoms with Crippen molar-refractivity contribution in [2.24, 2.45) is 0 Å². The number of hydrogen-bond acceptors (Lipinski definition) is 3. The lowest BCUT2D eigenvalue weighted by molar-refractivity contribution is -0.125. The molecule has 0 saturated heterocycles. The second-order valence-electron chi connectivity index (χ2n) is 6.62. The normalized spacial score (nSPS) is 14.1. The van der Waals surface area contributed by atoms with Gasteiger partial charge in [-0.25, -0.2) is 0 Å². The van der Waals surface area contributed by atoms with Crippen LogP contribution in [0.15, 0.2) is 48.5 Å². The number of benzene rings is 2. The highest BCUT2D eigenvalue weighted by Crippen LogP contribution is 2.34. The number of ether oxygens (including phenoxy) is 1. The van der Waals surface area contributed by atoms with E-state index in [-0.39, 0.29) is 30.6 Å². The molecule has 1 atom stereocenters. The van der Waals surface area contributed by atoms with Gasteiger partial charge in [0.05, 0.1) is 12.2 Å². The lowest BCUT2D eigenvalue weighted by Gasteiger charge is -2.29. The summed E-state index contributed by atoms with van der Waals surface area (Å²) in [5.41, 5.74) is 1.84. The van der Waals surface area contributed by atoms with E-state index in [1.807, 2.05) is 30.3 Å². The Kier molecular flexibility index (Phi) is 6.35. The first kappa shape index (κ1) is 19.2. The number of nitrogens with one attached hydrogen (secondary N) is 1. The molecule has 1 N–H and O–H groups in total. The van der Waals surface area contributed by atoms with Crippen LogP contribution in [0.25, 0.3) is 0 Å². The summed E-state index contributed by atoms with van der Waals surface area (Å²) in [5.74, 6) is 0.637. The van der Waals surface area contributed by atoms with Crippen molar-refractivity contribution in [3.8, 4) is 5.75 Å². The summed E-state index contributed by atoms with van der Waals surface area (Å²) in [7, 11) is 0. The zero-order chi connectivity index (χ0) is 19.2. The number of fused-ring (bicyclic) bond motifs is 1. The maximum atomic E-state index is 12.6. The molecular formula is C21H23ClN2O3. The van der Waals surface area contributed by atoms with E-state index in [2.05, 4.69) is 12.2 Å². The van der Waals surface area contributed by atoms with Crippen LogP contribution in [0.4, 0.5) is 5.69 Å². The SMILES string of the molecule is C[C@H](CNC(=O)CCC(=O)N1CCOc2ccc(Cl)cc21)c1ccccc1. The Bertz CT molecular complexity index is 810. The highest BCUT2D eigenvalue weighted by atomic mass is 35.5. The van der Waals surface area contributed by atoms with E-state index in [1.54, 1.807) is 23.1 Å². The van der Waals surface area contributed by atoms with Crippen LogP contribution in [-0.4, -0.2) is 31.5 Å². The Morgan fingerprint density at radius 1 is 1.19 bits per heavy atom. The minimum Gasteiger partial charge on any atom is -0.490 e. The molecule has 3 rings (SSSR count). The molecule has 0 unspecified atom stereocenters. The summed E-state index contributed by atoms with van der Waals surface area (Å²) >= 11 is 6.04. The Balaban J connectivity index is 1.50. The van der Waals surface area contributed by atoms with E-state index >= 15 is 0 Å². The van der Waals surface area contributed by atoms with Gasteiger partial charge >= 0.3 is 0 Å². The fraction of sp³-hybridized carbons (Fsp3) is 0.333. The molecule has 6 heteroatoms. The van der Waals surface area contributed by atoms with E-state index in [4.69, 9.17) is 16.3 Å². The Labute approximate surface area is 164 Å². The minimum atomic E-state index is -0.120. The zero-order valence-corrected chi connectivity index (χ0v) is 16.0. The summed E-state index contributed by atoms with van der Waals surface area (Å²) in [5, 5.41) is 3.46. The molecule has 0 aromatic heterocycles. The van der Waals surface area contributed by atoms with Gasteiger partial charge in [-0.15, -0.1) is 0 Å². The largest absolute Gasteiger partial charge is 0.490 e. The summed E-state index contributed by atoms with van der Waals surface area (Å²) < 4.78 is 5.56. The first-order valence-electron chi connectivity index (χ1n) is 9.09. The predicted octanol–water partition coefficient (Wildman–Crippen LogP) is 3.77. The smallest absolute Gasteiger partial charge is 0.227 e. The van der Waals surface area contributed by atoms with Crippen molar-refractivity contribution in [3.63, 3.8) is 0 Å². The molecule has 27 heavy (non-hydrogen) atoms. The van der Waals surface area contributed by atoms with Crippen molar-refractivity contribution in [2.75, 3.05) is 24.6 Å². The van der Waals surface area contributed by atoms with E-state index in [0.717, 1.165) is 0 Å². The topological polar surface area (TPSA) is 58.6 Å². The average molecular weight is 387 g/mol. The highest BCUT2D eigenvalue weighted by molar-refractivity contribution is 6.31. The van der Waals surface area contributed by atoms with Gasteiger partial charge in [-0.3, -0.25) is 9.59 Å². The molecular weight excluding hydrogens is 364 g/mol. The van der Waals surface area contributed by atoms with Crippen LogP contribution in [0.5, 0.6) is 5.75 Å². The molecule has 1 heterocycles. The van der Waals surface area contributed by atoms with Crippen LogP contribution >= 0.6 is 11.6 Å². The lowest BCUT2D eigenvalue weighted by Crippen LogP contribution is -2.38. The molecule has 1 aliphatic heterocycles. The first-order chi connectivity index (χ1) is 13.0. The summed E-state index contributed by atoms with van der Waals surface area (Å²) in [6.45, 7) is 3.50. The van der Waals surface area contributed by atoms with Gasteiger partial charge in [0.1, 0.15) is 12.4 Å². The number of carbonyl (C=O) groups is 2. The van der Waals surface area contributed by atoms with Crippen LogP contribution < -0.4 is 15.0 Å². The molecule has 142 valence electrons. The summed E-state index contributed by atoms with van der Waals surface area (Å²) in [4.78, 5) is 26.4. The second-order valence-corrected chi connectivity index (χ2v) is 7.06. The van der Waals surface area contributed by atoms with Crippen molar-refractivity contribution in [2.45, 2.75) is 25.7 Å². The fourth-order valence-corrected chi connectivity index (χ4v) is 3.23. The number of halogens is 1. The van der Waals surface area contributed by atoms with Crippen LogP contribution in [0.1, 0.15) is 31.2 Å². The quantitative estimate of drug-likeness (QED) is 0.822. The molecule has 0 bridgehead atoms. The van der Waals surface area contributed by atoms with E-state index in [9.17, 15) is 9.59 Å².